The molecular weight excluding hydrogens is 379 g/mol. The van der Waals surface area contributed by atoms with E-state index in [1.807, 2.05) is 18.3 Å². The fourth-order valence-corrected chi connectivity index (χ4v) is 3.95. The second-order valence-electron chi connectivity index (χ2n) is 7.02. The fraction of sp³-hybridized carbons (Fsp3) is 0.286. The van der Waals surface area contributed by atoms with Crippen LogP contribution in [0.3, 0.4) is 0 Å². The molecular formula is C21H20ClFN4O. The number of carbonyl (C=O) groups excluding carboxylic acids is 1. The van der Waals surface area contributed by atoms with E-state index < -0.39 is 5.82 Å². The predicted molar refractivity (Wildman–Crippen MR) is 105 cm³/mol. The molecule has 0 N–H and O–H groups in total. The van der Waals surface area contributed by atoms with Crippen molar-refractivity contribution in [2.75, 3.05) is 13.1 Å². The molecule has 144 valence electrons. The van der Waals surface area contributed by atoms with E-state index in [9.17, 15) is 9.18 Å². The van der Waals surface area contributed by atoms with Gasteiger partial charge in [-0.2, -0.15) is 0 Å². The molecule has 0 radical (unpaired) electrons. The van der Waals surface area contributed by atoms with E-state index in [4.69, 9.17) is 11.6 Å². The third-order valence-corrected chi connectivity index (χ3v) is 5.25. The van der Waals surface area contributed by atoms with Gasteiger partial charge in [-0.1, -0.05) is 11.6 Å². The predicted octanol–water partition coefficient (Wildman–Crippen LogP) is 4.14. The molecule has 0 saturated carbocycles. The van der Waals surface area contributed by atoms with E-state index in [0.717, 1.165) is 24.2 Å². The molecule has 1 amide bonds. The molecule has 3 aromatic rings. The normalized spacial score (nSPS) is 16.9. The molecule has 0 unspecified atom stereocenters. The highest BCUT2D eigenvalue weighted by molar-refractivity contribution is 6.31. The van der Waals surface area contributed by atoms with Gasteiger partial charge in [0, 0.05) is 60.9 Å². The third kappa shape index (κ3) is 4.07. The Balaban J connectivity index is 1.52. The maximum atomic E-state index is 13.6. The number of halogens is 2. The van der Waals surface area contributed by atoms with Gasteiger partial charge in [0.1, 0.15) is 11.6 Å². The van der Waals surface area contributed by atoms with E-state index in [2.05, 4.69) is 14.5 Å². The van der Waals surface area contributed by atoms with Crippen molar-refractivity contribution in [1.29, 1.82) is 0 Å². The highest BCUT2D eigenvalue weighted by atomic mass is 35.5. The molecule has 0 aliphatic carbocycles. The van der Waals surface area contributed by atoms with E-state index >= 15 is 0 Å². The van der Waals surface area contributed by atoms with Crippen molar-refractivity contribution >= 4 is 17.5 Å². The molecule has 1 aromatic carbocycles. The van der Waals surface area contributed by atoms with Crippen molar-refractivity contribution in [2.24, 2.45) is 0 Å². The minimum Gasteiger partial charge on any atom is -0.338 e. The summed E-state index contributed by atoms with van der Waals surface area (Å²) in [5.41, 5.74) is 1.43. The molecule has 1 aliphatic heterocycles. The number of rotatable bonds is 4. The van der Waals surface area contributed by atoms with E-state index in [-0.39, 0.29) is 22.4 Å². The number of nitrogens with zero attached hydrogens (tertiary/aromatic N) is 4. The fourth-order valence-electron chi connectivity index (χ4n) is 3.73. The maximum Gasteiger partial charge on any atom is 0.254 e. The molecule has 0 bridgehead atoms. The van der Waals surface area contributed by atoms with Gasteiger partial charge in [0.15, 0.2) is 0 Å². The van der Waals surface area contributed by atoms with Crippen molar-refractivity contribution in [3.8, 4) is 0 Å². The summed E-state index contributed by atoms with van der Waals surface area (Å²) in [4.78, 5) is 23.2. The van der Waals surface area contributed by atoms with Crippen LogP contribution in [0.15, 0.2) is 55.1 Å². The van der Waals surface area contributed by atoms with Crippen LogP contribution in [0.4, 0.5) is 4.39 Å². The van der Waals surface area contributed by atoms with Crippen LogP contribution in [0.2, 0.25) is 5.02 Å². The quantitative estimate of drug-likeness (QED) is 0.663. The van der Waals surface area contributed by atoms with Crippen LogP contribution in [0.5, 0.6) is 0 Å². The lowest BCUT2D eigenvalue weighted by Crippen LogP contribution is -2.39. The smallest absolute Gasteiger partial charge is 0.254 e. The summed E-state index contributed by atoms with van der Waals surface area (Å²) in [6.07, 6.45) is 9.14. The van der Waals surface area contributed by atoms with Gasteiger partial charge in [-0.3, -0.25) is 9.78 Å². The van der Waals surface area contributed by atoms with Gasteiger partial charge in [0.05, 0.1) is 0 Å². The van der Waals surface area contributed by atoms with Gasteiger partial charge in [-0.15, -0.1) is 0 Å². The minimum atomic E-state index is -0.502. The van der Waals surface area contributed by atoms with Crippen LogP contribution < -0.4 is 0 Å². The van der Waals surface area contributed by atoms with Crippen LogP contribution in [-0.4, -0.2) is 38.4 Å². The van der Waals surface area contributed by atoms with Crippen LogP contribution in [0.1, 0.15) is 40.5 Å². The lowest BCUT2D eigenvalue weighted by Gasteiger charge is -2.33. The van der Waals surface area contributed by atoms with Gasteiger partial charge >= 0.3 is 0 Å². The number of amides is 1. The molecule has 28 heavy (non-hydrogen) atoms. The molecule has 3 heterocycles. The first-order valence-electron chi connectivity index (χ1n) is 9.25. The minimum absolute atomic E-state index is 0.138. The summed E-state index contributed by atoms with van der Waals surface area (Å²) >= 11 is 5.91. The Hall–Kier alpha value is -2.73. The number of pyridine rings is 1. The number of carbonyl (C=O) groups is 1. The molecule has 0 spiro atoms. The number of benzene rings is 1. The number of imidazole rings is 1. The molecule has 7 heteroatoms. The van der Waals surface area contributed by atoms with Crippen molar-refractivity contribution < 1.29 is 9.18 Å². The van der Waals surface area contributed by atoms with Crippen LogP contribution in [0.25, 0.3) is 0 Å². The van der Waals surface area contributed by atoms with Gasteiger partial charge in [0.25, 0.3) is 5.91 Å². The van der Waals surface area contributed by atoms with Crippen LogP contribution in [-0.2, 0) is 6.54 Å². The Bertz CT molecular complexity index is 955. The summed E-state index contributed by atoms with van der Waals surface area (Å²) in [5, 5.41) is 0.227. The number of hydrogen-bond acceptors (Lipinski definition) is 3. The first-order valence-corrected chi connectivity index (χ1v) is 9.63. The highest BCUT2D eigenvalue weighted by Gasteiger charge is 2.28. The molecule has 2 aromatic heterocycles. The zero-order chi connectivity index (χ0) is 19.5. The second kappa shape index (κ2) is 8.10. The standard InChI is InChI=1S/C21H20ClFN4O/c22-18-10-17(11-19(23)12-18)21(28)27-8-1-2-16(14-27)20-25-7-9-26(20)13-15-3-5-24-6-4-15/h3-7,9-12,16H,1-2,8,13-14H2/t16-/m0/s1. The summed E-state index contributed by atoms with van der Waals surface area (Å²) in [6.45, 7) is 1.91. The molecule has 1 saturated heterocycles. The van der Waals surface area contributed by atoms with Crippen molar-refractivity contribution in [1.82, 2.24) is 19.4 Å². The summed E-state index contributed by atoms with van der Waals surface area (Å²) < 4.78 is 15.8. The Labute approximate surface area is 167 Å². The van der Waals surface area contributed by atoms with Gasteiger partial charge in [-0.05, 0) is 48.7 Å². The monoisotopic (exact) mass is 398 g/mol. The SMILES string of the molecule is O=C(c1cc(F)cc(Cl)c1)N1CCC[C@H](c2nccn2Cc2ccncc2)C1. The topological polar surface area (TPSA) is 51.0 Å². The zero-order valence-electron chi connectivity index (χ0n) is 15.3. The largest absolute Gasteiger partial charge is 0.338 e. The highest BCUT2D eigenvalue weighted by Crippen LogP contribution is 2.28. The van der Waals surface area contributed by atoms with Crippen LogP contribution in [0, 0.1) is 5.82 Å². The van der Waals surface area contributed by atoms with Crippen LogP contribution >= 0.6 is 11.6 Å². The Morgan fingerprint density at radius 1 is 1.21 bits per heavy atom. The third-order valence-electron chi connectivity index (χ3n) is 5.03. The van der Waals surface area contributed by atoms with Gasteiger partial charge in [-0.25, -0.2) is 9.37 Å². The average Bonchev–Trinajstić information content (AvgIpc) is 3.15. The first-order chi connectivity index (χ1) is 13.6. The number of likely N-dealkylation sites (tertiary alicyclic amines) is 1. The van der Waals surface area contributed by atoms with E-state index in [0.29, 0.717) is 19.6 Å². The summed E-state index contributed by atoms with van der Waals surface area (Å²) in [7, 11) is 0. The molecule has 5 nitrogen and oxygen atoms in total. The van der Waals surface area contributed by atoms with Gasteiger partial charge in [0.2, 0.25) is 0 Å². The second-order valence-corrected chi connectivity index (χ2v) is 7.45. The number of aromatic nitrogens is 3. The van der Waals surface area contributed by atoms with E-state index in [1.165, 1.54) is 18.2 Å². The lowest BCUT2D eigenvalue weighted by molar-refractivity contribution is 0.0703. The Morgan fingerprint density at radius 2 is 2.04 bits per heavy atom. The summed E-state index contributed by atoms with van der Waals surface area (Å²) in [5.74, 6) is 0.404. The van der Waals surface area contributed by atoms with Crippen molar-refractivity contribution in [3.63, 3.8) is 0 Å². The average molecular weight is 399 g/mol. The number of piperidine rings is 1. The van der Waals surface area contributed by atoms with Crippen molar-refractivity contribution in [2.45, 2.75) is 25.3 Å². The Kier molecular flexibility index (Phi) is 5.39. The number of hydrogen-bond donors (Lipinski definition) is 0. The summed E-state index contributed by atoms with van der Waals surface area (Å²) in [6, 6.07) is 7.92. The van der Waals surface area contributed by atoms with Gasteiger partial charge < -0.3 is 9.47 Å². The maximum absolute atomic E-state index is 13.6. The zero-order valence-corrected chi connectivity index (χ0v) is 16.0. The Morgan fingerprint density at radius 3 is 2.82 bits per heavy atom. The first kappa shape index (κ1) is 18.6. The lowest BCUT2D eigenvalue weighted by atomic mass is 9.96. The molecule has 4 rings (SSSR count). The molecule has 1 fully saturated rings. The molecule has 1 aliphatic rings. The molecule has 1 atom stereocenters. The van der Waals surface area contributed by atoms with E-state index in [1.54, 1.807) is 23.5 Å². The van der Waals surface area contributed by atoms with Crippen molar-refractivity contribution in [3.05, 3.63) is 82.9 Å².